The van der Waals surface area contributed by atoms with Crippen LogP contribution in [0.1, 0.15) is 30.5 Å². The minimum absolute atomic E-state index is 0.0271. The van der Waals surface area contributed by atoms with Gasteiger partial charge < -0.3 is 19.5 Å². The predicted molar refractivity (Wildman–Crippen MR) is 117 cm³/mol. The summed E-state index contributed by atoms with van der Waals surface area (Å²) in [6, 6.07) is 15.6. The molecule has 6 heteroatoms. The summed E-state index contributed by atoms with van der Waals surface area (Å²) >= 11 is 0. The van der Waals surface area contributed by atoms with Crippen LogP contribution in [0.3, 0.4) is 0 Å². The van der Waals surface area contributed by atoms with E-state index < -0.39 is 0 Å². The Labute approximate surface area is 179 Å². The van der Waals surface area contributed by atoms with Crippen molar-refractivity contribution in [3.63, 3.8) is 0 Å². The average Bonchev–Trinajstić information content (AvgIpc) is 2.78. The number of ether oxygens (including phenoxy) is 3. The molecule has 1 N–H and O–H groups in total. The van der Waals surface area contributed by atoms with E-state index in [0.29, 0.717) is 12.4 Å². The molecule has 0 bridgehead atoms. The number of hydrogen-bond acceptors (Lipinski definition) is 5. The fourth-order valence-corrected chi connectivity index (χ4v) is 3.31. The second-order valence-corrected chi connectivity index (χ2v) is 7.55. The number of nitrogens with one attached hydrogen (secondary N) is 1. The summed E-state index contributed by atoms with van der Waals surface area (Å²) < 4.78 is 16.7. The van der Waals surface area contributed by atoms with Gasteiger partial charge >= 0.3 is 0 Å². The minimum Gasteiger partial charge on any atom is -0.494 e. The zero-order chi connectivity index (χ0) is 21.2. The van der Waals surface area contributed by atoms with Crippen LogP contribution in [-0.4, -0.2) is 56.9 Å². The molecule has 6 nitrogen and oxygen atoms in total. The second kappa shape index (κ2) is 11.6. The number of nitrogens with zero attached hydrogens (tertiary/aromatic N) is 1. The van der Waals surface area contributed by atoms with Crippen LogP contribution in [0.25, 0.3) is 0 Å². The summed E-state index contributed by atoms with van der Waals surface area (Å²) in [6.07, 6.45) is 0.963. The Kier molecular flexibility index (Phi) is 8.53. The van der Waals surface area contributed by atoms with E-state index >= 15 is 0 Å². The van der Waals surface area contributed by atoms with Crippen molar-refractivity contribution in [3.8, 4) is 11.5 Å². The van der Waals surface area contributed by atoms with Crippen molar-refractivity contribution in [2.75, 3.05) is 46.1 Å². The van der Waals surface area contributed by atoms with Crippen LogP contribution < -0.4 is 14.8 Å². The predicted octanol–water partition coefficient (Wildman–Crippen LogP) is 3.35. The number of amides is 1. The normalized spacial score (nSPS) is 15.4. The van der Waals surface area contributed by atoms with Gasteiger partial charge in [-0.1, -0.05) is 36.8 Å². The third-order valence-electron chi connectivity index (χ3n) is 5.03. The van der Waals surface area contributed by atoms with Gasteiger partial charge in [0.25, 0.3) is 5.91 Å². The van der Waals surface area contributed by atoms with Gasteiger partial charge in [-0.25, -0.2) is 0 Å². The molecule has 0 aliphatic carbocycles. The maximum absolute atomic E-state index is 12.6. The summed E-state index contributed by atoms with van der Waals surface area (Å²) in [4.78, 5) is 14.9. The van der Waals surface area contributed by atoms with E-state index in [1.165, 1.54) is 5.56 Å². The highest BCUT2D eigenvalue weighted by atomic mass is 16.5. The third-order valence-corrected chi connectivity index (χ3v) is 5.03. The molecule has 0 saturated carbocycles. The molecule has 0 radical (unpaired) electrons. The van der Waals surface area contributed by atoms with E-state index in [2.05, 4.69) is 48.3 Å². The van der Waals surface area contributed by atoms with Gasteiger partial charge in [-0.3, -0.25) is 9.69 Å². The lowest BCUT2D eigenvalue weighted by molar-refractivity contribution is -0.124. The Hall–Kier alpha value is -2.57. The number of hydrogen-bond donors (Lipinski definition) is 1. The zero-order valence-corrected chi connectivity index (χ0v) is 17.9. The summed E-state index contributed by atoms with van der Waals surface area (Å²) in [6.45, 7) is 8.76. The Morgan fingerprint density at radius 3 is 2.30 bits per heavy atom. The second-order valence-electron chi connectivity index (χ2n) is 7.55. The molecule has 0 spiro atoms. The van der Waals surface area contributed by atoms with Crippen LogP contribution in [0.2, 0.25) is 0 Å². The number of morpholine rings is 1. The van der Waals surface area contributed by atoms with Gasteiger partial charge in [-0.15, -0.1) is 0 Å². The van der Waals surface area contributed by atoms with Gasteiger partial charge in [0, 0.05) is 19.6 Å². The molecule has 1 heterocycles. The number of aryl methyl sites for hydroxylation is 1. The van der Waals surface area contributed by atoms with E-state index in [1.54, 1.807) is 0 Å². The number of carbonyl (C=O) groups is 1. The Morgan fingerprint density at radius 2 is 1.67 bits per heavy atom. The average molecular weight is 413 g/mol. The Balaban J connectivity index is 1.56. The van der Waals surface area contributed by atoms with Gasteiger partial charge in [0.2, 0.25) is 0 Å². The lowest BCUT2D eigenvalue weighted by Crippen LogP contribution is -2.44. The van der Waals surface area contributed by atoms with Gasteiger partial charge in [0.1, 0.15) is 11.5 Å². The summed E-state index contributed by atoms with van der Waals surface area (Å²) in [7, 11) is 0. The molecule has 1 aliphatic rings. The smallest absolute Gasteiger partial charge is 0.258 e. The topological polar surface area (TPSA) is 60.0 Å². The fourth-order valence-electron chi connectivity index (χ4n) is 3.31. The molecule has 30 heavy (non-hydrogen) atoms. The molecule has 1 fully saturated rings. The maximum atomic E-state index is 12.6. The van der Waals surface area contributed by atoms with Crippen molar-refractivity contribution in [2.45, 2.75) is 26.3 Å². The molecule has 162 valence electrons. The monoisotopic (exact) mass is 412 g/mol. The van der Waals surface area contributed by atoms with E-state index in [-0.39, 0.29) is 18.6 Å². The van der Waals surface area contributed by atoms with Crippen LogP contribution in [0.5, 0.6) is 11.5 Å². The van der Waals surface area contributed by atoms with E-state index in [1.807, 2.05) is 24.3 Å². The van der Waals surface area contributed by atoms with Gasteiger partial charge in [-0.05, 0) is 43.2 Å². The van der Waals surface area contributed by atoms with Crippen molar-refractivity contribution in [1.29, 1.82) is 0 Å². The Morgan fingerprint density at radius 1 is 1.03 bits per heavy atom. The standard InChI is InChI=1S/C24H32N2O4/c1-3-14-29-21-8-10-22(11-9-21)30-18-24(27)25-23(17-26-12-15-28-16-13-26)20-6-4-19(2)5-7-20/h4-11,23H,3,12-18H2,1-2H3,(H,25,27). The molecule has 1 saturated heterocycles. The van der Waals surface area contributed by atoms with Crippen LogP contribution in [-0.2, 0) is 9.53 Å². The molecule has 3 rings (SSSR count). The highest BCUT2D eigenvalue weighted by Gasteiger charge is 2.20. The highest BCUT2D eigenvalue weighted by molar-refractivity contribution is 5.78. The SMILES string of the molecule is CCCOc1ccc(OCC(=O)NC(CN2CCOCC2)c2ccc(C)cc2)cc1. The first kappa shape index (κ1) is 22.1. The van der Waals surface area contributed by atoms with Crippen molar-refractivity contribution >= 4 is 5.91 Å². The number of benzene rings is 2. The van der Waals surface area contributed by atoms with Crippen molar-refractivity contribution in [3.05, 3.63) is 59.7 Å². The largest absolute Gasteiger partial charge is 0.494 e. The van der Waals surface area contributed by atoms with Crippen molar-refractivity contribution < 1.29 is 19.0 Å². The van der Waals surface area contributed by atoms with E-state index in [4.69, 9.17) is 14.2 Å². The summed E-state index contributed by atoms with van der Waals surface area (Å²) in [5, 5.41) is 3.14. The Bertz CT molecular complexity index is 771. The molecule has 2 aromatic rings. The van der Waals surface area contributed by atoms with E-state index in [0.717, 1.165) is 50.6 Å². The van der Waals surface area contributed by atoms with Crippen molar-refractivity contribution in [2.24, 2.45) is 0 Å². The van der Waals surface area contributed by atoms with Crippen molar-refractivity contribution in [1.82, 2.24) is 10.2 Å². The van der Waals surface area contributed by atoms with Crippen LogP contribution in [0, 0.1) is 6.92 Å². The maximum Gasteiger partial charge on any atom is 0.258 e. The number of carbonyl (C=O) groups excluding carboxylic acids is 1. The molecule has 0 aromatic heterocycles. The van der Waals surface area contributed by atoms with Gasteiger partial charge in [-0.2, -0.15) is 0 Å². The molecule has 2 aromatic carbocycles. The quantitative estimate of drug-likeness (QED) is 0.649. The first-order chi connectivity index (χ1) is 14.6. The molecular weight excluding hydrogens is 380 g/mol. The number of rotatable bonds is 10. The summed E-state index contributed by atoms with van der Waals surface area (Å²) in [5.74, 6) is 1.31. The minimum atomic E-state index is -0.139. The third kappa shape index (κ3) is 7.04. The first-order valence-corrected chi connectivity index (χ1v) is 10.7. The van der Waals surface area contributed by atoms with E-state index in [9.17, 15) is 4.79 Å². The molecule has 1 aliphatic heterocycles. The van der Waals surface area contributed by atoms with Gasteiger partial charge in [0.05, 0.1) is 25.9 Å². The van der Waals surface area contributed by atoms with Gasteiger partial charge in [0.15, 0.2) is 6.61 Å². The lowest BCUT2D eigenvalue weighted by Gasteiger charge is -2.31. The summed E-state index contributed by atoms with van der Waals surface area (Å²) in [5.41, 5.74) is 2.29. The molecule has 1 atom stereocenters. The zero-order valence-electron chi connectivity index (χ0n) is 17.9. The van der Waals surface area contributed by atoms with Crippen LogP contribution in [0.4, 0.5) is 0 Å². The molecule has 1 unspecified atom stereocenters. The lowest BCUT2D eigenvalue weighted by atomic mass is 10.0. The highest BCUT2D eigenvalue weighted by Crippen LogP contribution is 2.19. The first-order valence-electron chi connectivity index (χ1n) is 10.7. The molecule has 1 amide bonds. The molecular formula is C24H32N2O4. The van der Waals surface area contributed by atoms with Crippen LogP contribution >= 0.6 is 0 Å². The van der Waals surface area contributed by atoms with Crippen LogP contribution in [0.15, 0.2) is 48.5 Å². The fraction of sp³-hybridized carbons (Fsp3) is 0.458.